The van der Waals surface area contributed by atoms with Crippen LogP contribution >= 0.6 is 11.3 Å². The van der Waals surface area contributed by atoms with Crippen molar-refractivity contribution in [2.45, 2.75) is 12.8 Å². The molecular formula is C21H18N2OS. The molecule has 0 radical (unpaired) electrons. The molecule has 0 amide bonds. The number of phenols is 1. The predicted octanol–water partition coefficient (Wildman–Crippen LogP) is 5.03. The van der Waals surface area contributed by atoms with Gasteiger partial charge in [-0.25, -0.2) is 4.98 Å². The molecule has 0 aliphatic heterocycles. The van der Waals surface area contributed by atoms with Gasteiger partial charge in [0.25, 0.3) is 0 Å². The van der Waals surface area contributed by atoms with Crippen LogP contribution in [0.3, 0.4) is 0 Å². The third-order valence-corrected chi connectivity index (χ3v) is 5.10. The monoisotopic (exact) mass is 346 g/mol. The molecule has 2 aromatic heterocycles. The Balaban J connectivity index is 1.56. The molecule has 3 nitrogen and oxygen atoms in total. The Morgan fingerprint density at radius 1 is 0.880 bits per heavy atom. The van der Waals surface area contributed by atoms with Gasteiger partial charge in [-0.3, -0.25) is 0 Å². The predicted molar refractivity (Wildman–Crippen MR) is 102 cm³/mol. The quantitative estimate of drug-likeness (QED) is 0.533. The van der Waals surface area contributed by atoms with E-state index in [1.807, 2.05) is 24.4 Å². The zero-order chi connectivity index (χ0) is 17.1. The summed E-state index contributed by atoms with van der Waals surface area (Å²) in [4.78, 5) is 9.21. The summed E-state index contributed by atoms with van der Waals surface area (Å²) in [6.45, 7) is 0. The van der Waals surface area contributed by atoms with Crippen molar-refractivity contribution < 1.29 is 5.11 Å². The first-order valence-corrected chi connectivity index (χ1v) is 9.09. The van der Waals surface area contributed by atoms with Gasteiger partial charge < -0.3 is 10.1 Å². The topological polar surface area (TPSA) is 48.9 Å². The molecule has 0 fully saturated rings. The van der Waals surface area contributed by atoms with Gasteiger partial charge in [-0.2, -0.15) is 0 Å². The van der Waals surface area contributed by atoms with E-state index in [0.29, 0.717) is 5.75 Å². The standard InChI is InChI=1S/C21H18N2OS/c24-18-9-7-15(8-10-18)12-16-4-1-2-5-17(16)13-21-22-14-19(23-21)20-6-3-11-25-20/h1-11,14,24H,12-13H2,(H,22,23). The molecule has 0 spiro atoms. The number of rotatable bonds is 5. The Kier molecular flexibility index (Phi) is 4.36. The number of imidazole rings is 1. The maximum absolute atomic E-state index is 9.44. The van der Waals surface area contributed by atoms with E-state index in [1.165, 1.54) is 21.6 Å². The number of phenolic OH excluding ortho intramolecular Hbond substituents is 1. The smallest absolute Gasteiger partial charge is 0.115 e. The van der Waals surface area contributed by atoms with Gasteiger partial charge in [-0.15, -0.1) is 11.3 Å². The van der Waals surface area contributed by atoms with Gasteiger partial charge in [-0.1, -0.05) is 42.5 Å². The highest BCUT2D eigenvalue weighted by Gasteiger charge is 2.09. The molecular weight excluding hydrogens is 328 g/mol. The Morgan fingerprint density at radius 2 is 1.64 bits per heavy atom. The molecule has 2 heterocycles. The second-order valence-electron chi connectivity index (χ2n) is 6.00. The minimum atomic E-state index is 0.300. The van der Waals surface area contributed by atoms with E-state index in [0.717, 1.165) is 24.4 Å². The Morgan fingerprint density at radius 3 is 2.36 bits per heavy atom. The van der Waals surface area contributed by atoms with Crippen molar-refractivity contribution in [3.8, 4) is 16.3 Å². The highest BCUT2D eigenvalue weighted by molar-refractivity contribution is 7.13. The first kappa shape index (κ1) is 15.7. The molecule has 0 saturated heterocycles. The summed E-state index contributed by atoms with van der Waals surface area (Å²) in [6, 6.07) is 20.0. The lowest BCUT2D eigenvalue weighted by Crippen LogP contribution is -1.98. The van der Waals surface area contributed by atoms with Crippen LogP contribution in [-0.2, 0) is 12.8 Å². The molecule has 4 heteroatoms. The first-order chi connectivity index (χ1) is 12.3. The summed E-state index contributed by atoms with van der Waals surface area (Å²) in [6.07, 6.45) is 3.60. The second kappa shape index (κ2) is 6.95. The summed E-state index contributed by atoms with van der Waals surface area (Å²) in [7, 11) is 0. The summed E-state index contributed by atoms with van der Waals surface area (Å²) >= 11 is 1.70. The van der Waals surface area contributed by atoms with Crippen molar-refractivity contribution in [3.05, 3.63) is 94.8 Å². The molecule has 0 aliphatic carbocycles. The van der Waals surface area contributed by atoms with Crippen LogP contribution in [-0.4, -0.2) is 15.1 Å². The van der Waals surface area contributed by atoms with Crippen molar-refractivity contribution in [3.63, 3.8) is 0 Å². The average molecular weight is 346 g/mol. The molecule has 0 saturated carbocycles. The van der Waals surface area contributed by atoms with E-state index in [1.54, 1.807) is 23.5 Å². The van der Waals surface area contributed by atoms with Gasteiger partial charge in [-0.05, 0) is 46.7 Å². The Labute approximate surface area is 150 Å². The number of nitrogens with zero attached hydrogens (tertiary/aromatic N) is 1. The van der Waals surface area contributed by atoms with Crippen LogP contribution < -0.4 is 0 Å². The fourth-order valence-electron chi connectivity index (χ4n) is 2.92. The minimum absolute atomic E-state index is 0.300. The maximum Gasteiger partial charge on any atom is 0.115 e. The van der Waals surface area contributed by atoms with Crippen LogP contribution in [0.25, 0.3) is 10.6 Å². The van der Waals surface area contributed by atoms with E-state index >= 15 is 0 Å². The van der Waals surface area contributed by atoms with Crippen molar-refractivity contribution in [2.24, 2.45) is 0 Å². The molecule has 2 aromatic carbocycles. The lowest BCUT2D eigenvalue weighted by Gasteiger charge is -2.09. The first-order valence-electron chi connectivity index (χ1n) is 8.21. The zero-order valence-corrected chi connectivity index (χ0v) is 14.5. The molecule has 2 N–H and O–H groups in total. The van der Waals surface area contributed by atoms with Crippen LogP contribution in [0.15, 0.2) is 72.2 Å². The lowest BCUT2D eigenvalue weighted by atomic mass is 9.98. The van der Waals surface area contributed by atoms with Crippen LogP contribution in [0.1, 0.15) is 22.5 Å². The molecule has 25 heavy (non-hydrogen) atoms. The van der Waals surface area contributed by atoms with Crippen molar-refractivity contribution >= 4 is 11.3 Å². The number of benzene rings is 2. The number of aromatic hydroxyl groups is 1. The van der Waals surface area contributed by atoms with Gasteiger partial charge in [0.05, 0.1) is 10.6 Å². The molecule has 4 aromatic rings. The SMILES string of the molecule is Oc1ccc(Cc2ccccc2Cc2nc(-c3cccs3)c[nH]2)cc1. The fourth-order valence-corrected chi connectivity index (χ4v) is 3.61. The third kappa shape index (κ3) is 3.64. The Bertz CT molecular complexity index is 956. The summed E-state index contributed by atoms with van der Waals surface area (Å²) in [5.41, 5.74) is 4.73. The molecule has 0 atom stereocenters. The molecule has 0 unspecified atom stereocenters. The fraction of sp³-hybridized carbons (Fsp3) is 0.0952. The third-order valence-electron chi connectivity index (χ3n) is 4.21. The van der Waals surface area contributed by atoms with Crippen molar-refractivity contribution in [2.75, 3.05) is 0 Å². The summed E-state index contributed by atoms with van der Waals surface area (Å²) < 4.78 is 0. The summed E-state index contributed by atoms with van der Waals surface area (Å²) in [5, 5.41) is 11.5. The van der Waals surface area contributed by atoms with E-state index in [4.69, 9.17) is 4.98 Å². The summed E-state index contributed by atoms with van der Waals surface area (Å²) in [5.74, 6) is 1.27. The Hall–Kier alpha value is -2.85. The molecule has 0 bridgehead atoms. The molecule has 0 aliphatic rings. The number of hydrogen-bond donors (Lipinski definition) is 2. The highest BCUT2D eigenvalue weighted by Crippen LogP contribution is 2.24. The number of aromatic amines is 1. The van der Waals surface area contributed by atoms with Gasteiger partial charge in [0.2, 0.25) is 0 Å². The maximum atomic E-state index is 9.44. The van der Waals surface area contributed by atoms with E-state index in [2.05, 4.69) is 40.7 Å². The number of aromatic nitrogens is 2. The number of hydrogen-bond acceptors (Lipinski definition) is 3. The van der Waals surface area contributed by atoms with Crippen LogP contribution in [0.4, 0.5) is 0 Å². The average Bonchev–Trinajstić information content (AvgIpc) is 3.30. The van der Waals surface area contributed by atoms with E-state index in [9.17, 15) is 5.11 Å². The minimum Gasteiger partial charge on any atom is -0.508 e. The van der Waals surface area contributed by atoms with Gasteiger partial charge in [0.15, 0.2) is 0 Å². The van der Waals surface area contributed by atoms with E-state index < -0.39 is 0 Å². The van der Waals surface area contributed by atoms with Gasteiger partial charge in [0, 0.05) is 12.6 Å². The van der Waals surface area contributed by atoms with Gasteiger partial charge in [0.1, 0.15) is 11.6 Å². The number of H-pyrrole nitrogens is 1. The largest absolute Gasteiger partial charge is 0.508 e. The number of nitrogens with one attached hydrogen (secondary N) is 1. The second-order valence-corrected chi connectivity index (χ2v) is 6.95. The van der Waals surface area contributed by atoms with Gasteiger partial charge >= 0.3 is 0 Å². The molecule has 124 valence electrons. The molecule has 4 rings (SSSR count). The van der Waals surface area contributed by atoms with Crippen molar-refractivity contribution in [1.82, 2.24) is 9.97 Å². The van der Waals surface area contributed by atoms with Crippen LogP contribution in [0.5, 0.6) is 5.75 Å². The highest BCUT2D eigenvalue weighted by atomic mass is 32.1. The lowest BCUT2D eigenvalue weighted by molar-refractivity contribution is 0.475. The van der Waals surface area contributed by atoms with Crippen LogP contribution in [0, 0.1) is 0 Å². The zero-order valence-electron chi connectivity index (χ0n) is 13.6. The van der Waals surface area contributed by atoms with E-state index in [-0.39, 0.29) is 0 Å². The number of thiophene rings is 1. The van der Waals surface area contributed by atoms with Crippen molar-refractivity contribution in [1.29, 1.82) is 0 Å². The normalized spacial score (nSPS) is 10.9. The van der Waals surface area contributed by atoms with Crippen LogP contribution in [0.2, 0.25) is 0 Å².